The topological polar surface area (TPSA) is 427 Å². The number of thioether (sulfide) groups is 4. The molecule has 4 fully saturated rings. The average Bonchev–Trinajstić information content (AvgIpc) is 1.67. The van der Waals surface area contributed by atoms with Crippen molar-refractivity contribution in [2.45, 2.75) is 213 Å². The van der Waals surface area contributed by atoms with Crippen LogP contribution in [0.15, 0.2) is 118 Å². The number of nitrogens with two attached hydrogens (primary N) is 7. The number of aromatic nitrogens is 12. The van der Waals surface area contributed by atoms with Gasteiger partial charge in [-0.2, -0.15) is 0 Å². The summed E-state index contributed by atoms with van der Waals surface area (Å²) < 4.78 is 47.1. The summed E-state index contributed by atoms with van der Waals surface area (Å²) in [6.45, 7) is 36.8. The molecule has 8 aromatic heterocycles. The normalized spacial score (nSPS) is 15.2. The molecule has 782 valence electrons. The maximum Gasteiger partial charge on any atom is 0.192 e. The van der Waals surface area contributed by atoms with Crippen molar-refractivity contribution in [3.63, 3.8) is 0 Å². The highest BCUT2D eigenvalue weighted by Crippen LogP contribution is 2.48. The van der Waals surface area contributed by atoms with Gasteiger partial charge in [0.05, 0.1) is 72.2 Å². The van der Waals surface area contributed by atoms with Gasteiger partial charge in [-0.3, -0.25) is 19.6 Å². The summed E-state index contributed by atoms with van der Waals surface area (Å²) in [7, 11) is 8.88. The SMILES string of the molecule is CCCc1sc(-c2ccc(OC)c(OCCN3CCCCC3)c2)nc1C(C)Sc1nc(C)cc(N)n1.CCCc1sc(-c2ccc(OC)c(OCCN3CCCCC3)c2)nc1C(C)Sc1nc(N)cc(N)n1.CCCc1sc(-c2ccc(OC)c(OCCN3CCCCC3)c2)nc1C(C)Sc1nc(N)cc(N)n1.CCCc1sc(-c2ccc(OC)c(OCCN3CCN(C)CC3)c2)nc1C(C)Sc1nc(N)cc(N)n1. The second kappa shape index (κ2) is 56.9. The lowest BCUT2D eigenvalue weighted by molar-refractivity contribution is 0.133. The van der Waals surface area contributed by atoms with Gasteiger partial charge in [-0.25, -0.2) is 59.8 Å². The van der Waals surface area contributed by atoms with Gasteiger partial charge in [0.15, 0.2) is 66.6 Å². The van der Waals surface area contributed by atoms with Crippen LogP contribution in [0.4, 0.5) is 40.7 Å². The molecule has 12 heterocycles. The van der Waals surface area contributed by atoms with E-state index < -0.39 is 0 Å². The molecular weight excluding hydrogens is 1980 g/mol. The Kier molecular flexibility index (Phi) is 44.0. The van der Waals surface area contributed by atoms with Gasteiger partial charge in [-0.15, -0.1) is 45.3 Å². The number of ether oxygens (including phenoxy) is 8. The first-order chi connectivity index (χ1) is 70.2. The number of hydrogen-bond donors (Lipinski definition) is 7. The van der Waals surface area contributed by atoms with Crippen molar-refractivity contribution in [3.05, 3.63) is 145 Å². The molecule has 0 saturated carbocycles. The second-order valence-corrected chi connectivity index (χ2v) is 45.8. The number of rotatable bonds is 44. The van der Waals surface area contributed by atoms with E-state index in [1.54, 1.807) is 110 Å². The van der Waals surface area contributed by atoms with Crippen molar-refractivity contribution in [1.82, 2.24) is 84.3 Å². The highest BCUT2D eigenvalue weighted by Gasteiger charge is 2.29. The fourth-order valence-electron chi connectivity index (χ4n) is 17.3. The minimum atomic E-state index is 0.0466. The molecule has 4 unspecified atom stereocenters. The lowest BCUT2D eigenvalue weighted by Crippen LogP contribution is -2.45. The molecule has 4 aliphatic heterocycles. The summed E-state index contributed by atoms with van der Waals surface area (Å²) in [5.41, 5.74) is 50.4. The summed E-state index contributed by atoms with van der Waals surface area (Å²) in [5.74, 6) is 8.71. The van der Waals surface area contributed by atoms with Gasteiger partial charge >= 0.3 is 0 Å². The summed E-state index contributed by atoms with van der Waals surface area (Å²) >= 11 is 13.1. The van der Waals surface area contributed by atoms with E-state index in [-0.39, 0.29) is 21.0 Å². The molecule has 4 atom stereocenters. The fourth-order valence-corrected chi connectivity index (χ4v) is 26.4. The van der Waals surface area contributed by atoms with E-state index in [9.17, 15) is 0 Å². The van der Waals surface area contributed by atoms with Gasteiger partial charge in [0.25, 0.3) is 0 Å². The van der Waals surface area contributed by atoms with E-state index in [1.807, 2.05) is 67.6 Å². The first kappa shape index (κ1) is 112. The number of likely N-dealkylation sites (N-methyl/N-ethyl adjacent to an activating group) is 1. The van der Waals surface area contributed by atoms with Crippen LogP contribution in [0.2, 0.25) is 0 Å². The molecule has 4 aliphatic rings. The molecule has 14 N–H and O–H groups in total. The maximum absolute atomic E-state index is 6.21. The van der Waals surface area contributed by atoms with Crippen molar-refractivity contribution < 1.29 is 37.9 Å². The number of piperazine rings is 1. The van der Waals surface area contributed by atoms with Crippen LogP contribution < -0.4 is 78.0 Å². The Balaban J connectivity index is 0.000000162. The average molecular weight is 2130 g/mol. The van der Waals surface area contributed by atoms with Crippen LogP contribution >= 0.6 is 92.4 Å². The number of anilines is 7. The molecule has 4 saturated heterocycles. The first-order valence-electron chi connectivity index (χ1n) is 50.5. The number of thiazole rings is 4. The molecule has 16 rings (SSSR count). The Morgan fingerprint density at radius 3 is 0.745 bits per heavy atom. The van der Waals surface area contributed by atoms with Crippen molar-refractivity contribution in [2.75, 3.05) is 194 Å². The highest BCUT2D eigenvalue weighted by molar-refractivity contribution is 8.00. The first-order valence-corrected chi connectivity index (χ1v) is 57.3. The fraction of sp³-hybridized carbons (Fsp3) is 0.505. The van der Waals surface area contributed by atoms with Crippen LogP contribution in [0.25, 0.3) is 42.3 Å². The lowest BCUT2D eigenvalue weighted by atomic mass is 10.1. The van der Waals surface area contributed by atoms with Crippen LogP contribution in [-0.4, -0.2) is 238 Å². The van der Waals surface area contributed by atoms with Crippen LogP contribution in [0, 0.1) is 6.92 Å². The molecule has 0 amide bonds. The molecule has 145 heavy (non-hydrogen) atoms. The summed E-state index contributed by atoms with van der Waals surface area (Å²) in [6, 6.07) is 30.8. The number of aryl methyl sites for hydroxylation is 5. The van der Waals surface area contributed by atoms with Gasteiger partial charge in [-0.05, 0) is 218 Å². The summed E-state index contributed by atoms with van der Waals surface area (Å²) in [5, 5.41) is 6.52. The zero-order valence-electron chi connectivity index (χ0n) is 86.5. The predicted octanol–water partition coefficient (Wildman–Crippen LogP) is 21.3. The van der Waals surface area contributed by atoms with Gasteiger partial charge in [0.1, 0.15) is 87.2 Å². The third-order valence-corrected chi connectivity index (χ3v) is 33.4. The minimum absolute atomic E-state index is 0.0466. The lowest BCUT2D eigenvalue weighted by Gasteiger charge is -2.32. The number of nitrogens with zero attached hydrogens (tertiary/aromatic N) is 17. The van der Waals surface area contributed by atoms with Crippen molar-refractivity contribution >= 4 is 133 Å². The van der Waals surface area contributed by atoms with E-state index >= 15 is 0 Å². The Morgan fingerprint density at radius 2 is 0.517 bits per heavy atom. The third kappa shape index (κ3) is 33.5. The number of hydrogen-bond acceptors (Lipinski definition) is 40. The van der Waals surface area contributed by atoms with Gasteiger partial charge in [-0.1, -0.05) is 120 Å². The molecular formula is C105H146N24O8S8. The largest absolute Gasteiger partial charge is 0.493 e. The Morgan fingerprint density at radius 1 is 0.290 bits per heavy atom. The van der Waals surface area contributed by atoms with Crippen LogP contribution in [0.1, 0.15) is 208 Å². The molecule has 40 heteroatoms. The van der Waals surface area contributed by atoms with Crippen molar-refractivity contribution in [3.8, 4) is 88.3 Å². The quantitative estimate of drug-likeness (QED) is 0.0138. The van der Waals surface area contributed by atoms with Gasteiger partial charge in [0, 0.05) is 124 Å². The molecule has 32 nitrogen and oxygen atoms in total. The summed E-state index contributed by atoms with van der Waals surface area (Å²) in [4.78, 5) is 72.5. The number of likely N-dealkylation sites (tertiary alicyclic amines) is 3. The van der Waals surface area contributed by atoms with E-state index in [4.69, 9.17) is 98.0 Å². The summed E-state index contributed by atoms with van der Waals surface area (Å²) in [6.07, 6.45) is 19.8. The monoisotopic (exact) mass is 2130 g/mol. The van der Waals surface area contributed by atoms with Crippen LogP contribution in [0.5, 0.6) is 46.0 Å². The highest BCUT2D eigenvalue weighted by atomic mass is 32.2. The second-order valence-electron chi connectivity index (χ2n) is 36.3. The molecule has 4 aromatic carbocycles. The standard InChI is InChI=1S/C27H37N5O2S2.C26H37N7O2S2.2C26H36N6O2S2/c1-5-9-23-25(19(3)35-27-29-18(2)16-24(28)30-27)31-26(36-23)20-10-11-21(33-4)22(17-20)34-15-14-32-12-7-6-8-13-32;1-5-6-21-24(17(2)36-26-29-22(27)16-23(28)30-26)31-25(37-21)18-7-8-19(34-4)20(15-18)35-14-13-33-11-9-32(3)10-12-33;2*1-4-8-21-24(17(2)35-26-29-22(27)16-23(28)30-26)31-25(36-21)18-9-10-19(33-3)20(15-18)34-14-13-32-11-6-5-7-12-32/h10-11,16-17,19H,5-9,12-15H2,1-4H3,(H2,28,29,30);7-8,15-17H,5-6,9-14H2,1-4H3,(H4,27,28,29,30);2*9-10,15-17H,4-8,11-14H2,1-3H3,(H4,27,28,29,30). The Bertz CT molecular complexity index is 5560. The molecule has 0 bridgehead atoms. The Labute approximate surface area is 888 Å². The van der Waals surface area contributed by atoms with Gasteiger partial charge < -0.3 is 82.9 Å². The Hall–Kier alpha value is -10.1. The minimum Gasteiger partial charge on any atom is -0.493 e. The molecule has 0 spiro atoms. The van der Waals surface area contributed by atoms with Crippen LogP contribution in [0.3, 0.4) is 0 Å². The van der Waals surface area contributed by atoms with Gasteiger partial charge in [0.2, 0.25) is 0 Å². The third-order valence-electron chi connectivity index (χ3n) is 24.8. The smallest absolute Gasteiger partial charge is 0.192 e. The maximum atomic E-state index is 6.21. The van der Waals surface area contributed by atoms with E-state index in [0.717, 1.165) is 247 Å². The zero-order valence-corrected chi connectivity index (χ0v) is 93.0. The molecule has 0 radical (unpaired) electrons. The zero-order chi connectivity index (χ0) is 103. The van der Waals surface area contributed by atoms with Crippen molar-refractivity contribution in [2.24, 2.45) is 0 Å². The number of methoxy groups -OCH3 is 4. The predicted molar refractivity (Wildman–Crippen MR) is 600 cm³/mol. The van der Waals surface area contributed by atoms with Crippen molar-refractivity contribution in [1.29, 1.82) is 0 Å². The van der Waals surface area contributed by atoms with Crippen LogP contribution in [-0.2, 0) is 25.7 Å². The molecule has 12 aromatic rings. The number of benzene rings is 4. The molecule has 0 aliphatic carbocycles. The van der Waals surface area contributed by atoms with E-state index in [2.05, 4.69) is 139 Å². The van der Waals surface area contributed by atoms with E-state index in [0.29, 0.717) is 87.8 Å². The number of piperidine rings is 3. The van der Waals surface area contributed by atoms with E-state index in [1.165, 1.54) is 126 Å². The number of nitrogen functional groups attached to an aromatic ring is 7.